The lowest BCUT2D eigenvalue weighted by Crippen LogP contribution is -2.47. The lowest BCUT2D eigenvalue weighted by atomic mass is 9.83. The molecule has 0 radical (unpaired) electrons. The Morgan fingerprint density at radius 1 is 1.52 bits per heavy atom. The smallest absolute Gasteiger partial charge is 0.328 e. The van der Waals surface area contributed by atoms with Crippen molar-refractivity contribution in [1.82, 2.24) is 9.97 Å². The summed E-state index contributed by atoms with van der Waals surface area (Å²) in [6.45, 7) is 1.88. The predicted octanol–water partition coefficient (Wildman–Crippen LogP) is 2.79. The van der Waals surface area contributed by atoms with Crippen molar-refractivity contribution < 1.29 is 9.90 Å². The number of carboxylic acids is 1. The van der Waals surface area contributed by atoms with Crippen LogP contribution in [0.25, 0.3) is 6.08 Å². The van der Waals surface area contributed by atoms with Crippen molar-refractivity contribution in [3.8, 4) is 0 Å². The van der Waals surface area contributed by atoms with Crippen molar-refractivity contribution >= 4 is 23.8 Å². The molecular formula is C17H21N3O2S. The molecule has 2 rings (SSSR count). The van der Waals surface area contributed by atoms with Crippen molar-refractivity contribution in [1.29, 1.82) is 0 Å². The van der Waals surface area contributed by atoms with Crippen LogP contribution in [0.5, 0.6) is 0 Å². The minimum Gasteiger partial charge on any atom is -0.480 e. The zero-order valence-corrected chi connectivity index (χ0v) is 14.0. The number of imidazole rings is 1. The maximum Gasteiger partial charge on any atom is 0.328 e. The number of aliphatic carboxylic acids is 1. The highest BCUT2D eigenvalue weighted by molar-refractivity contribution is 7.99. The zero-order chi connectivity index (χ0) is 16.9. The molecule has 0 aliphatic carbocycles. The highest BCUT2D eigenvalue weighted by Crippen LogP contribution is 2.31. The van der Waals surface area contributed by atoms with Gasteiger partial charge in [-0.1, -0.05) is 30.3 Å². The van der Waals surface area contributed by atoms with Crippen LogP contribution in [0, 0.1) is 6.92 Å². The molecule has 0 saturated heterocycles. The normalized spacial score (nSPS) is 15.4. The minimum atomic E-state index is -1.42. The molecule has 0 aliphatic rings. The Kier molecular flexibility index (Phi) is 5.63. The van der Waals surface area contributed by atoms with Crippen LogP contribution in [0.15, 0.2) is 42.9 Å². The SMILES string of the molecule is CSC(/C=C/c1c[nH]cn1)CC(N)(C(=O)O)c1ccccc1C. The summed E-state index contributed by atoms with van der Waals surface area (Å²) in [4.78, 5) is 18.9. The third kappa shape index (κ3) is 4.03. The van der Waals surface area contributed by atoms with Crippen molar-refractivity contribution in [2.75, 3.05) is 6.26 Å². The number of hydrogen-bond acceptors (Lipinski definition) is 4. The van der Waals surface area contributed by atoms with E-state index >= 15 is 0 Å². The Balaban J connectivity index is 2.27. The van der Waals surface area contributed by atoms with Gasteiger partial charge in [-0.3, -0.25) is 0 Å². The molecule has 0 saturated carbocycles. The van der Waals surface area contributed by atoms with E-state index < -0.39 is 11.5 Å². The first-order valence-electron chi connectivity index (χ1n) is 7.25. The Morgan fingerprint density at radius 3 is 2.83 bits per heavy atom. The maximum atomic E-state index is 11.9. The fraction of sp³-hybridized carbons (Fsp3) is 0.294. The van der Waals surface area contributed by atoms with Crippen LogP contribution in [0.2, 0.25) is 0 Å². The number of aryl methyl sites for hydroxylation is 1. The molecule has 6 heteroatoms. The van der Waals surface area contributed by atoms with Gasteiger partial charge in [-0.2, -0.15) is 11.8 Å². The van der Waals surface area contributed by atoms with E-state index in [1.807, 2.05) is 43.5 Å². The molecule has 0 amide bonds. The summed E-state index contributed by atoms with van der Waals surface area (Å²) >= 11 is 1.57. The number of carbonyl (C=O) groups is 1. The summed E-state index contributed by atoms with van der Waals surface area (Å²) < 4.78 is 0. The summed E-state index contributed by atoms with van der Waals surface area (Å²) in [5.74, 6) is -1.01. The number of nitrogens with zero attached hydrogens (tertiary/aromatic N) is 1. The number of benzene rings is 1. The number of nitrogens with two attached hydrogens (primary N) is 1. The number of carboxylic acid groups (broad SMARTS) is 1. The highest BCUT2D eigenvalue weighted by atomic mass is 32.2. The molecule has 0 aliphatic heterocycles. The number of H-pyrrole nitrogens is 1. The molecule has 2 atom stereocenters. The van der Waals surface area contributed by atoms with Crippen molar-refractivity contribution in [3.05, 3.63) is 59.7 Å². The molecule has 0 bridgehead atoms. The van der Waals surface area contributed by atoms with Gasteiger partial charge in [0.05, 0.1) is 12.0 Å². The summed E-state index contributed by atoms with van der Waals surface area (Å²) in [6, 6.07) is 7.37. The topological polar surface area (TPSA) is 92.0 Å². The number of aromatic nitrogens is 2. The van der Waals surface area contributed by atoms with Gasteiger partial charge in [-0.25, -0.2) is 9.78 Å². The molecule has 2 unspecified atom stereocenters. The van der Waals surface area contributed by atoms with Gasteiger partial charge in [-0.15, -0.1) is 0 Å². The second-order valence-corrected chi connectivity index (χ2v) is 6.50. The van der Waals surface area contributed by atoms with E-state index in [1.54, 1.807) is 30.4 Å². The van der Waals surface area contributed by atoms with Gasteiger partial charge in [0.2, 0.25) is 0 Å². The summed E-state index contributed by atoms with van der Waals surface area (Å²) in [5, 5.41) is 9.70. The summed E-state index contributed by atoms with van der Waals surface area (Å²) in [7, 11) is 0. The van der Waals surface area contributed by atoms with E-state index in [4.69, 9.17) is 5.73 Å². The molecule has 0 spiro atoms. The molecule has 1 aromatic heterocycles. The van der Waals surface area contributed by atoms with E-state index in [1.165, 1.54) is 0 Å². The number of hydrogen-bond donors (Lipinski definition) is 3. The molecule has 122 valence electrons. The monoisotopic (exact) mass is 331 g/mol. The van der Waals surface area contributed by atoms with Crippen LogP contribution < -0.4 is 5.73 Å². The Hall–Kier alpha value is -2.05. The Morgan fingerprint density at radius 2 is 2.26 bits per heavy atom. The summed E-state index contributed by atoms with van der Waals surface area (Å²) in [6.07, 6.45) is 9.45. The van der Waals surface area contributed by atoms with E-state index in [2.05, 4.69) is 9.97 Å². The first-order chi connectivity index (χ1) is 11.0. The second kappa shape index (κ2) is 7.48. The number of thioether (sulfide) groups is 1. The fourth-order valence-electron chi connectivity index (χ4n) is 2.50. The number of nitrogens with one attached hydrogen (secondary N) is 1. The van der Waals surface area contributed by atoms with E-state index in [0.717, 1.165) is 11.3 Å². The highest BCUT2D eigenvalue weighted by Gasteiger charge is 2.38. The van der Waals surface area contributed by atoms with Gasteiger partial charge < -0.3 is 15.8 Å². The average Bonchev–Trinajstić information content (AvgIpc) is 3.04. The first-order valence-corrected chi connectivity index (χ1v) is 8.54. The molecule has 0 fully saturated rings. The van der Waals surface area contributed by atoms with Crippen LogP contribution in [-0.2, 0) is 10.3 Å². The van der Waals surface area contributed by atoms with Gasteiger partial charge in [0, 0.05) is 11.4 Å². The minimum absolute atomic E-state index is 0.0348. The van der Waals surface area contributed by atoms with Crippen LogP contribution in [0.4, 0.5) is 0 Å². The van der Waals surface area contributed by atoms with Gasteiger partial charge in [-0.05, 0) is 36.8 Å². The van der Waals surface area contributed by atoms with Crippen molar-refractivity contribution in [2.45, 2.75) is 24.1 Å². The second-order valence-electron chi connectivity index (χ2n) is 5.42. The molecule has 5 nitrogen and oxygen atoms in total. The standard InChI is InChI=1S/C17H21N3O2S/c1-12-5-3-4-6-15(12)17(18,16(21)22)9-14(23-2)8-7-13-10-19-11-20-13/h3-8,10-11,14H,9,18H2,1-2H3,(H,19,20)(H,21,22)/b8-7+. The van der Waals surface area contributed by atoms with Crippen molar-refractivity contribution in [3.63, 3.8) is 0 Å². The van der Waals surface area contributed by atoms with Gasteiger partial charge in [0.1, 0.15) is 5.54 Å². The summed E-state index contributed by atoms with van der Waals surface area (Å²) in [5.41, 5.74) is 7.24. The van der Waals surface area contributed by atoms with E-state index in [9.17, 15) is 9.90 Å². The van der Waals surface area contributed by atoms with E-state index in [-0.39, 0.29) is 5.25 Å². The maximum absolute atomic E-state index is 11.9. The average molecular weight is 331 g/mol. The molecule has 1 heterocycles. The van der Waals surface area contributed by atoms with Crippen LogP contribution >= 0.6 is 11.8 Å². The predicted molar refractivity (Wildman–Crippen MR) is 94.2 cm³/mol. The lowest BCUT2D eigenvalue weighted by Gasteiger charge is -2.29. The zero-order valence-electron chi connectivity index (χ0n) is 13.2. The van der Waals surface area contributed by atoms with Crippen LogP contribution in [0.3, 0.4) is 0 Å². The van der Waals surface area contributed by atoms with Crippen LogP contribution in [0.1, 0.15) is 23.2 Å². The van der Waals surface area contributed by atoms with E-state index in [0.29, 0.717) is 12.0 Å². The Labute approximate surface area is 140 Å². The Bertz CT molecular complexity index is 685. The third-order valence-electron chi connectivity index (χ3n) is 3.83. The molecule has 2 aromatic rings. The van der Waals surface area contributed by atoms with Gasteiger partial charge in [0.15, 0.2) is 0 Å². The van der Waals surface area contributed by atoms with Crippen molar-refractivity contribution in [2.24, 2.45) is 5.73 Å². The quantitative estimate of drug-likeness (QED) is 0.725. The van der Waals surface area contributed by atoms with Gasteiger partial charge in [0.25, 0.3) is 0 Å². The first kappa shape index (κ1) is 17.3. The molecule has 4 N–H and O–H groups in total. The largest absolute Gasteiger partial charge is 0.480 e. The molecular weight excluding hydrogens is 310 g/mol. The number of aromatic amines is 1. The third-order valence-corrected chi connectivity index (χ3v) is 4.76. The number of rotatable bonds is 7. The molecule has 23 heavy (non-hydrogen) atoms. The van der Waals surface area contributed by atoms with Crippen LogP contribution in [-0.4, -0.2) is 32.5 Å². The van der Waals surface area contributed by atoms with Gasteiger partial charge >= 0.3 is 5.97 Å². The fourth-order valence-corrected chi connectivity index (χ4v) is 3.17. The molecule has 1 aromatic carbocycles. The lowest BCUT2D eigenvalue weighted by molar-refractivity contribution is -0.144.